The maximum Gasteiger partial charge on any atom is 0.235 e. The molecule has 0 aromatic carbocycles. The number of carbonyl (C=O) groups excluding carboxylic acids is 1. The van der Waals surface area contributed by atoms with Crippen LogP contribution in [0.15, 0.2) is 12.2 Å². The van der Waals surface area contributed by atoms with Crippen LogP contribution in [0, 0.1) is 24.2 Å². The fraction of sp³-hybridized carbons (Fsp3) is 0.667. The van der Waals surface area contributed by atoms with Gasteiger partial charge in [-0.3, -0.25) is 4.79 Å². The van der Waals surface area contributed by atoms with E-state index in [1.165, 1.54) is 0 Å². The summed E-state index contributed by atoms with van der Waals surface area (Å²) in [6.07, 6.45) is 10.1. The summed E-state index contributed by atoms with van der Waals surface area (Å²) in [6.45, 7) is 1.84. The minimum Gasteiger partial charge on any atom is -0.371 e. The average Bonchev–Trinajstić information content (AvgIpc) is 3.06. The van der Waals surface area contributed by atoms with Gasteiger partial charge in [-0.15, -0.1) is 6.42 Å². The van der Waals surface area contributed by atoms with Crippen molar-refractivity contribution in [1.82, 2.24) is 0 Å². The maximum atomic E-state index is 12.3. The highest BCUT2D eigenvalue weighted by atomic mass is 16.7. The molecule has 0 unspecified atom stereocenters. The Balaban J connectivity index is 1.76. The molecule has 0 spiro atoms. The fourth-order valence-corrected chi connectivity index (χ4v) is 4.30. The molecular weight excluding hydrogens is 244 g/mol. The lowest BCUT2D eigenvalue weighted by Crippen LogP contribution is -2.43. The summed E-state index contributed by atoms with van der Waals surface area (Å²) in [5.74, 6) is 1.66. The normalized spacial score (nSPS) is 53.1. The van der Waals surface area contributed by atoms with Crippen molar-refractivity contribution in [3.63, 3.8) is 0 Å². The molecule has 4 nitrogen and oxygen atoms in total. The van der Waals surface area contributed by atoms with Gasteiger partial charge in [0.2, 0.25) is 5.79 Å². The van der Waals surface area contributed by atoms with Crippen molar-refractivity contribution >= 4 is 5.78 Å². The molecule has 19 heavy (non-hydrogen) atoms. The molecule has 0 aromatic heterocycles. The molecule has 7 atom stereocenters. The van der Waals surface area contributed by atoms with Crippen molar-refractivity contribution in [1.29, 1.82) is 0 Å². The second kappa shape index (κ2) is 3.69. The number of fused-ring (bicyclic) bond motifs is 2. The van der Waals surface area contributed by atoms with E-state index in [1.807, 2.05) is 13.0 Å². The predicted octanol–water partition coefficient (Wildman–Crippen LogP) is 1.05. The van der Waals surface area contributed by atoms with Crippen LogP contribution in [0.1, 0.15) is 19.8 Å². The summed E-state index contributed by atoms with van der Waals surface area (Å²) in [4.78, 5) is 12.3. The third-order valence-corrected chi connectivity index (χ3v) is 4.91. The quantitative estimate of drug-likeness (QED) is 0.712. The first-order chi connectivity index (χ1) is 9.21. The summed E-state index contributed by atoms with van der Waals surface area (Å²) in [5.41, 5.74) is 0. The van der Waals surface area contributed by atoms with Crippen LogP contribution < -0.4 is 0 Å². The lowest BCUT2D eigenvalue weighted by molar-refractivity contribution is -0.221. The molecule has 4 heterocycles. The zero-order chi connectivity index (χ0) is 13.2. The molecule has 4 heteroatoms. The van der Waals surface area contributed by atoms with Gasteiger partial charge in [0.25, 0.3) is 0 Å². The number of Topliss-reactive ketones (excluding diaryl/α,β-unsaturated/α-hetero) is 1. The van der Waals surface area contributed by atoms with Gasteiger partial charge in [-0.2, -0.15) is 0 Å². The van der Waals surface area contributed by atoms with Crippen LogP contribution in [0.25, 0.3) is 0 Å². The summed E-state index contributed by atoms with van der Waals surface area (Å²) in [7, 11) is 0. The third kappa shape index (κ3) is 1.24. The smallest absolute Gasteiger partial charge is 0.235 e. The second-order valence-corrected chi connectivity index (χ2v) is 5.69. The Labute approximate surface area is 112 Å². The molecule has 4 rings (SSSR count). The Morgan fingerprint density at radius 2 is 2.32 bits per heavy atom. The maximum absolute atomic E-state index is 12.3. The highest BCUT2D eigenvalue weighted by Crippen LogP contribution is 2.63. The second-order valence-electron chi connectivity index (χ2n) is 5.69. The number of carbonyl (C=O) groups is 1. The van der Waals surface area contributed by atoms with Crippen molar-refractivity contribution in [2.24, 2.45) is 11.8 Å². The van der Waals surface area contributed by atoms with E-state index in [9.17, 15) is 4.79 Å². The fourth-order valence-electron chi connectivity index (χ4n) is 4.30. The highest BCUT2D eigenvalue weighted by molar-refractivity contribution is 5.87. The van der Waals surface area contributed by atoms with Crippen LogP contribution in [-0.2, 0) is 19.0 Å². The van der Waals surface area contributed by atoms with E-state index in [4.69, 9.17) is 20.6 Å². The van der Waals surface area contributed by atoms with Crippen LogP contribution in [0.4, 0.5) is 0 Å². The first-order valence-electron chi connectivity index (χ1n) is 6.88. The molecule has 0 aliphatic carbocycles. The van der Waals surface area contributed by atoms with Gasteiger partial charge >= 0.3 is 0 Å². The van der Waals surface area contributed by atoms with E-state index in [0.717, 1.165) is 6.42 Å². The molecule has 100 valence electrons. The van der Waals surface area contributed by atoms with Gasteiger partial charge < -0.3 is 14.2 Å². The Bertz CT molecular complexity index is 503. The number of ketones is 1. The van der Waals surface area contributed by atoms with Crippen LogP contribution in [0.3, 0.4) is 0 Å². The zero-order valence-electron chi connectivity index (χ0n) is 10.7. The van der Waals surface area contributed by atoms with Gasteiger partial charge in [0.1, 0.15) is 0 Å². The molecule has 2 bridgehead atoms. The molecular formula is C15H16O4. The number of allylic oxidation sites excluding steroid dienone is 1. The molecule has 4 saturated heterocycles. The molecule has 0 radical (unpaired) electrons. The minimum absolute atomic E-state index is 0.0229. The molecule has 4 fully saturated rings. The average molecular weight is 260 g/mol. The minimum atomic E-state index is -1.08. The third-order valence-electron chi connectivity index (χ3n) is 4.91. The van der Waals surface area contributed by atoms with Gasteiger partial charge in [-0.25, -0.2) is 0 Å². The van der Waals surface area contributed by atoms with E-state index in [2.05, 4.69) is 5.92 Å². The van der Waals surface area contributed by atoms with Crippen LogP contribution in [0.5, 0.6) is 0 Å². The van der Waals surface area contributed by atoms with Crippen molar-refractivity contribution < 1.29 is 19.0 Å². The standard InChI is InChI=1S/C15H16O4/c1-3-5-6-8-12-9-7-10-14(17-9)13(12)15(18-8,19-10)11(16)4-2/h1,5-6,8-10,12-14H,4,7H2,2H3/b6-5-/t8-,9+,10+,12-,13-,14-,15-/m1/s1. The van der Waals surface area contributed by atoms with Crippen molar-refractivity contribution in [2.75, 3.05) is 0 Å². The van der Waals surface area contributed by atoms with E-state index in [-0.39, 0.29) is 42.0 Å². The molecule has 4 aliphatic rings. The summed E-state index contributed by atoms with van der Waals surface area (Å²) < 4.78 is 18.0. The SMILES string of the molecule is C#C/C=C\[C@H]1O[C@]2(C(=O)CC)O[C@H]3C[C@@H]4O[C@H]3[C@H]2[C@@H]41. The monoisotopic (exact) mass is 260 g/mol. The van der Waals surface area contributed by atoms with Crippen molar-refractivity contribution in [2.45, 2.75) is 50.0 Å². The molecule has 4 aliphatic heterocycles. The Hall–Kier alpha value is -1.15. The van der Waals surface area contributed by atoms with Crippen molar-refractivity contribution in [3.8, 4) is 12.3 Å². The van der Waals surface area contributed by atoms with Gasteiger partial charge in [-0.1, -0.05) is 12.8 Å². The number of ether oxygens (including phenoxy) is 3. The van der Waals surface area contributed by atoms with E-state index in [0.29, 0.717) is 6.42 Å². The molecule has 0 N–H and O–H groups in total. The van der Waals surface area contributed by atoms with Crippen LogP contribution >= 0.6 is 0 Å². The molecule has 0 amide bonds. The number of hydrogen-bond donors (Lipinski definition) is 0. The van der Waals surface area contributed by atoms with E-state index in [1.54, 1.807) is 6.08 Å². The number of terminal acetylenes is 1. The van der Waals surface area contributed by atoms with Crippen LogP contribution in [-0.4, -0.2) is 36.0 Å². The topological polar surface area (TPSA) is 44.8 Å². The van der Waals surface area contributed by atoms with Crippen LogP contribution in [0.2, 0.25) is 0 Å². The summed E-state index contributed by atoms with van der Waals surface area (Å²) in [6, 6.07) is 0. The van der Waals surface area contributed by atoms with Gasteiger partial charge in [-0.05, 0) is 12.2 Å². The van der Waals surface area contributed by atoms with E-state index < -0.39 is 5.79 Å². The van der Waals surface area contributed by atoms with Gasteiger partial charge in [0, 0.05) is 18.8 Å². The lowest BCUT2D eigenvalue weighted by atomic mass is 9.75. The van der Waals surface area contributed by atoms with Crippen molar-refractivity contribution in [3.05, 3.63) is 12.2 Å². The summed E-state index contributed by atoms with van der Waals surface area (Å²) >= 11 is 0. The Morgan fingerprint density at radius 3 is 3.05 bits per heavy atom. The number of hydrogen-bond acceptors (Lipinski definition) is 4. The Morgan fingerprint density at radius 1 is 1.47 bits per heavy atom. The molecule has 0 aromatic rings. The van der Waals surface area contributed by atoms with E-state index >= 15 is 0 Å². The lowest BCUT2D eigenvalue weighted by Gasteiger charge is -2.27. The number of rotatable bonds is 3. The zero-order valence-corrected chi connectivity index (χ0v) is 10.7. The largest absolute Gasteiger partial charge is 0.371 e. The summed E-state index contributed by atoms with van der Waals surface area (Å²) in [5, 5.41) is 0. The predicted molar refractivity (Wildman–Crippen MR) is 66.0 cm³/mol. The first kappa shape index (κ1) is 11.7. The van der Waals surface area contributed by atoms with Gasteiger partial charge in [0.05, 0.1) is 30.3 Å². The molecule has 0 saturated carbocycles. The van der Waals surface area contributed by atoms with Gasteiger partial charge in [0.15, 0.2) is 5.78 Å². The first-order valence-corrected chi connectivity index (χ1v) is 6.88. The highest BCUT2D eigenvalue weighted by Gasteiger charge is 2.76. The Kier molecular flexibility index (Phi) is 2.27.